The maximum absolute atomic E-state index is 16.2. The van der Waals surface area contributed by atoms with Gasteiger partial charge in [-0.15, -0.1) is 0 Å². The number of fused-ring (bicyclic) bond motifs is 1. The zero-order valence-electron chi connectivity index (χ0n) is 32.0. The molecule has 8 rings (SSSR count). The molecule has 2 aliphatic heterocycles. The minimum Gasteiger partial charge on any atom is -0.342 e. The first-order valence-electron chi connectivity index (χ1n) is 20.4. The van der Waals surface area contributed by atoms with Crippen molar-refractivity contribution in [3.05, 3.63) is 111 Å². The molecule has 0 bridgehead atoms. The third-order valence-electron chi connectivity index (χ3n) is 12.3. The largest absolute Gasteiger partial charge is 0.342 e. The molecule has 4 aliphatic rings. The number of amides is 4. The summed E-state index contributed by atoms with van der Waals surface area (Å²) in [5.41, 5.74) is 1.15. The van der Waals surface area contributed by atoms with Gasteiger partial charge in [-0.25, -0.2) is 13.9 Å². The second-order valence-electron chi connectivity index (χ2n) is 16.1. The Morgan fingerprint density at radius 1 is 0.772 bits per heavy atom. The number of nitrogens with one attached hydrogen (secondary N) is 2. The topological polar surface area (TPSA) is 136 Å². The fourth-order valence-electron chi connectivity index (χ4n) is 8.97. The molecule has 13 heteroatoms. The minimum absolute atomic E-state index is 0.0869. The van der Waals surface area contributed by atoms with Gasteiger partial charge in [0, 0.05) is 62.9 Å². The number of hydrogen-bond donors (Lipinski definition) is 2. The minimum atomic E-state index is -0.865. The van der Waals surface area contributed by atoms with Crippen LogP contribution in [0, 0.1) is 23.5 Å². The molecule has 1 aromatic heterocycles. The average molecular weight is 779 g/mol. The van der Waals surface area contributed by atoms with Crippen molar-refractivity contribution >= 4 is 34.4 Å². The standard InChI is InChI=1S/C44H48F2N6O5/c45-36-18-15-27(25-37-32-11-4-5-12-33(32)41(54)49-48-37)24-35(36)43(56)50-20-22-51(23-21-50)44(57)39(28-8-2-1-3-9-28)47-40(53)34-14-6-13-31(38(34)46)30-10-7-19-52(26-30)42(55)29-16-17-29/h4-6,11-15,18,24,28-30,39H,1-3,7-10,16-17,19-23,25-26H2,(H,47,53)(H,49,54)/t30?,39-/m1/s1. The molecule has 2 aliphatic carbocycles. The highest BCUT2D eigenvalue weighted by atomic mass is 19.1. The molecule has 11 nitrogen and oxygen atoms in total. The summed E-state index contributed by atoms with van der Waals surface area (Å²) in [5.74, 6) is -2.79. The van der Waals surface area contributed by atoms with E-state index in [4.69, 9.17) is 0 Å². The van der Waals surface area contributed by atoms with E-state index in [1.54, 1.807) is 41.3 Å². The number of halogens is 2. The lowest BCUT2D eigenvalue weighted by atomic mass is 9.83. The van der Waals surface area contributed by atoms with Crippen LogP contribution in [0.1, 0.15) is 101 Å². The van der Waals surface area contributed by atoms with Crippen molar-refractivity contribution in [2.24, 2.45) is 11.8 Å². The first-order chi connectivity index (χ1) is 27.7. The summed E-state index contributed by atoms with van der Waals surface area (Å²) >= 11 is 0. The number of nitrogens with zero attached hydrogens (tertiary/aromatic N) is 4. The quantitative estimate of drug-likeness (QED) is 0.228. The molecule has 3 heterocycles. The second kappa shape index (κ2) is 16.6. The highest BCUT2D eigenvalue weighted by molar-refractivity contribution is 5.98. The highest BCUT2D eigenvalue weighted by Gasteiger charge is 2.38. The predicted molar refractivity (Wildman–Crippen MR) is 210 cm³/mol. The number of likely N-dealkylation sites (tertiary alicyclic amines) is 1. The van der Waals surface area contributed by atoms with Crippen molar-refractivity contribution in [1.82, 2.24) is 30.2 Å². The Morgan fingerprint density at radius 3 is 2.26 bits per heavy atom. The number of aromatic nitrogens is 2. The Balaban J connectivity index is 0.937. The maximum atomic E-state index is 16.2. The highest BCUT2D eigenvalue weighted by Crippen LogP contribution is 2.36. The number of rotatable bonds is 9. The van der Waals surface area contributed by atoms with Crippen LogP contribution in [0.15, 0.2) is 65.5 Å². The fraction of sp³-hybridized carbons (Fsp3) is 0.455. The molecule has 2 N–H and O–H groups in total. The molecule has 2 saturated carbocycles. The van der Waals surface area contributed by atoms with E-state index in [-0.39, 0.29) is 78.9 Å². The number of hydrogen-bond acceptors (Lipinski definition) is 6. The lowest BCUT2D eigenvalue weighted by Gasteiger charge is -2.39. The van der Waals surface area contributed by atoms with Gasteiger partial charge >= 0.3 is 0 Å². The van der Waals surface area contributed by atoms with Gasteiger partial charge in [-0.3, -0.25) is 24.0 Å². The van der Waals surface area contributed by atoms with E-state index in [9.17, 15) is 24.0 Å². The normalized spacial score (nSPS) is 19.7. The molecule has 0 spiro atoms. The summed E-state index contributed by atoms with van der Waals surface area (Å²) in [5, 5.41) is 10.8. The van der Waals surface area contributed by atoms with Crippen LogP contribution in [0.4, 0.5) is 8.78 Å². The Bertz CT molecular complexity index is 2240. The number of benzene rings is 3. The molecule has 4 fully saturated rings. The summed E-state index contributed by atoms with van der Waals surface area (Å²) in [6, 6.07) is 15.4. The van der Waals surface area contributed by atoms with Gasteiger partial charge in [0.05, 0.1) is 22.2 Å². The van der Waals surface area contributed by atoms with Gasteiger partial charge in [-0.1, -0.05) is 55.7 Å². The Labute approximate surface area is 329 Å². The van der Waals surface area contributed by atoms with Crippen molar-refractivity contribution in [1.29, 1.82) is 0 Å². The SMILES string of the molecule is O=C(N[C@@H](C(=O)N1CCN(C(=O)c2cc(Cc3n[nH]c(=O)c4ccccc34)ccc2F)CC1)C1CCCCC1)c1cccc(C2CCCN(C(=O)C3CC3)C2)c1F. The number of carbonyl (C=O) groups is 4. The number of piperazine rings is 1. The van der Waals surface area contributed by atoms with Crippen LogP contribution < -0.4 is 10.9 Å². The monoisotopic (exact) mass is 778 g/mol. The zero-order valence-corrected chi connectivity index (χ0v) is 32.0. The van der Waals surface area contributed by atoms with Crippen molar-refractivity contribution in [2.45, 2.75) is 76.2 Å². The fourth-order valence-corrected chi connectivity index (χ4v) is 8.97. The van der Waals surface area contributed by atoms with Gasteiger partial charge in [0.25, 0.3) is 17.4 Å². The van der Waals surface area contributed by atoms with Gasteiger partial charge in [0.1, 0.15) is 17.7 Å². The van der Waals surface area contributed by atoms with E-state index in [0.29, 0.717) is 40.7 Å². The van der Waals surface area contributed by atoms with Crippen molar-refractivity contribution < 1.29 is 28.0 Å². The molecule has 2 atom stereocenters. The number of H-pyrrole nitrogens is 1. The molecule has 57 heavy (non-hydrogen) atoms. The summed E-state index contributed by atoms with van der Waals surface area (Å²) < 4.78 is 31.4. The van der Waals surface area contributed by atoms with E-state index in [2.05, 4.69) is 15.5 Å². The van der Waals surface area contributed by atoms with Crippen LogP contribution in [0.5, 0.6) is 0 Å². The second-order valence-corrected chi connectivity index (χ2v) is 16.1. The Kier molecular flexibility index (Phi) is 11.2. The molecular weight excluding hydrogens is 731 g/mol. The van der Waals surface area contributed by atoms with E-state index in [0.717, 1.165) is 57.8 Å². The Hall–Kier alpha value is -5.46. The number of piperidine rings is 1. The van der Waals surface area contributed by atoms with Crippen LogP contribution in [0.25, 0.3) is 10.8 Å². The summed E-state index contributed by atoms with van der Waals surface area (Å²) in [6.07, 6.45) is 7.97. The van der Waals surface area contributed by atoms with E-state index in [1.807, 2.05) is 11.0 Å². The third kappa shape index (κ3) is 8.20. The number of aromatic amines is 1. The van der Waals surface area contributed by atoms with Crippen LogP contribution in [-0.4, -0.2) is 93.8 Å². The summed E-state index contributed by atoms with van der Waals surface area (Å²) in [4.78, 5) is 71.9. The third-order valence-corrected chi connectivity index (χ3v) is 12.3. The Morgan fingerprint density at radius 2 is 1.51 bits per heavy atom. The van der Waals surface area contributed by atoms with Gasteiger partial charge < -0.3 is 20.0 Å². The summed E-state index contributed by atoms with van der Waals surface area (Å²) in [7, 11) is 0. The number of carbonyl (C=O) groups excluding carboxylic acids is 4. The molecule has 4 amide bonds. The maximum Gasteiger partial charge on any atom is 0.272 e. The first-order valence-corrected chi connectivity index (χ1v) is 20.4. The average Bonchev–Trinajstić information content (AvgIpc) is 4.10. The molecular formula is C44H48F2N6O5. The van der Waals surface area contributed by atoms with Gasteiger partial charge in [-0.2, -0.15) is 5.10 Å². The van der Waals surface area contributed by atoms with Crippen LogP contribution >= 0.6 is 0 Å². The first kappa shape index (κ1) is 38.4. The lowest BCUT2D eigenvalue weighted by Crippen LogP contribution is -2.58. The van der Waals surface area contributed by atoms with Crippen LogP contribution in [-0.2, 0) is 16.0 Å². The van der Waals surface area contributed by atoms with Gasteiger partial charge in [0.15, 0.2) is 0 Å². The molecule has 298 valence electrons. The van der Waals surface area contributed by atoms with Gasteiger partial charge in [0.2, 0.25) is 11.8 Å². The van der Waals surface area contributed by atoms with Gasteiger partial charge in [-0.05, 0) is 79.8 Å². The molecule has 1 unspecified atom stereocenters. The van der Waals surface area contributed by atoms with Crippen LogP contribution in [0.3, 0.4) is 0 Å². The molecule has 4 aromatic rings. The molecule has 3 aromatic carbocycles. The van der Waals surface area contributed by atoms with Crippen molar-refractivity contribution in [3.8, 4) is 0 Å². The smallest absolute Gasteiger partial charge is 0.272 e. The van der Waals surface area contributed by atoms with E-state index < -0.39 is 29.5 Å². The van der Waals surface area contributed by atoms with Crippen molar-refractivity contribution in [3.63, 3.8) is 0 Å². The summed E-state index contributed by atoms with van der Waals surface area (Å²) in [6.45, 7) is 1.83. The molecule has 2 saturated heterocycles. The lowest BCUT2D eigenvalue weighted by molar-refractivity contribution is -0.136. The molecule has 0 radical (unpaired) electrons. The van der Waals surface area contributed by atoms with E-state index >= 15 is 8.78 Å². The predicted octanol–water partition coefficient (Wildman–Crippen LogP) is 5.57. The van der Waals surface area contributed by atoms with Crippen molar-refractivity contribution in [2.75, 3.05) is 39.3 Å². The van der Waals surface area contributed by atoms with E-state index in [1.165, 1.54) is 23.1 Å². The van der Waals surface area contributed by atoms with Crippen LogP contribution in [0.2, 0.25) is 0 Å². The zero-order chi connectivity index (χ0) is 39.6.